The van der Waals surface area contributed by atoms with E-state index in [1.807, 2.05) is 31.2 Å². The van der Waals surface area contributed by atoms with Gasteiger partial charge in [-0.15, -0.1) is 0 Å². The standard InChI is InChI=1S/C11H13N5O.C6H4/c1-2-7-5-3-4-6-8(7)9-13-10(16-12)15-11(17)14-9;1-2-6-4-3-5(1)6/h3-6H,2,12H2,1H3,(H2,13,14,15,16,17);1-4H. The van der Waals surface area contributed by atoms with Gasteiger partial charge in [-0.2, -0.15) is 9.97 Å². The molecule has 0 unspecified atom stereocenters. The monoisotopic (exact) mass is 307 g/mol. The number of hydrogen-bond acceptors (Lipinski definition) is 5. The molecule has 0 bridgehead atoms. The lowest BCUT2D eigenvalue weighted by atomic mass is 9.95. The van der Waals surface area contributed by atoms with Gasteiger partial charge < -0.3 is 0 Å². The maximum absolute atomic E-state index is 11.3. The van der Waals surface area contributed by atoms with Crippen molar-refractivity contribution >= 4 is 5.95 Å². The number of hydrazine groups is 1. The minimum Gasteiger partial charge on any atom is -0.292 e. The van der Waals surface area contributed by atoms with Crippen molar-refractivity contribution in [1.82, 2.24) is 15.0 Å². The maximum atomic E-state index is 11.3. The largest absolute Gasteiger partial charge is 0.349 e. The van der Waals surface area contributed by atoms with Crippen LogP contribution < -0.4 is 17.0 Å². The molecule has 1 aromatic heterocycles. The van der Waals surface area contributed by atoms with Gasteiger partial charge in [-0.05, 0) is 23.1 Å². The molecule has 0 saturated heterocycles. The topological polar surface area (TPSA) is 96.7 Å². The minimum atomic E-state index is -0.478. The van der Waals surface area contributed by atoms with Crippen LogP contribution in [0.15, 0.2) is 53.3 Å². The van der Waals surface area contributed by atoms with Gasteiger partial charge in [-0.25, -0.2) is 10.6 Å². The van der Waals surface area contributed by atoms with Crippen molar-refractivity contribution in [3.63, 3.8) is 0 Å². The molecular formula is C17H17N5O. The van der Waals surface area contributed by atoms with Crippen LogP contribution in [0.25, 0.3) is 22.5 Å². The summed E-state index contributed by atoms with van der Waals surface area (Å²) in [5.41, 5.74) is 6.63. The average Bonchev–Trinajstić information content (AvgIpc) is 2.57. The Morgan fingerprint density at radius 1 is 1.04 bits per heavy atom. The van der Waals surface area contributed by atoms with Gasteiger partial charge in [0, 0.05) is 5.56 Å². The molecule has 0 atom stereocenters. The first-order valence-corrected chi connectivity index (χ1v) is 7.35. The average molecular weight is 307 g/mol. The highest BCUT2D eigenvalue weighted by atomic mass is 16.1. The second-order valence-electron chi connectivity index (χ2n) is 5.06. The second-order valence-corrected chi connectivity index (χ2v) is 5.06. The zero-order chi connectivity index (χ0) is 16.2. The van der Waals surface area contributed by atoms with E-state index in [1.165, 1.54) is 11.1 Å². The third-order valence-electron chi connectivity index (χ3n) is 3.65. The van der Waals surface area contributed by atoms with Gasteiger partial charge in [0.05, 0.1) is 0 Å². The molecule has 2 aliphatic rings. The van der Waals surface area contributed by atoms with Crippen LogP contribution in [-0.2, 0) is 6.42 Å². The third kappa shape index (κ3) is 3.12. The van der Waals surface area contributed by atoms with Crippen molar-refractivity contribution in [3.8, 4) is 22.5 Å². The summed E-state index contributed by atoms with van der Waals surface area (Å²) in [6.07, 6.45) is 0.855. The van der Waals surface area contributed by atoms with Gasteiger partial charge >= 0.3 is 5.69 Å². The van der Waals surface area contributed by atoms with Crippen LogP contribution >= 0.6 is 0 Å². The zero-order valence-electron chi connectivity index (χ0n) is 12.7. The number of nitrogens with one attached hydrogen (secondary N) is 2. The molecule has 6 nitrogen and oxygen atoms in total. The molecule has 4 N–H and O–H groups in total. The summed E-state index contributed by atoms with van der Waals surface area (Å²) in [7, 11) is 0. The van der Waals surface area contributed by atoms with Gasteiger partial charge in [-0.3, -0.25) is 10.4 Å². The van der Waals surface area contributed by atoms with Crippen molar-refractivity contribution in [2.45, 2.75) is 13.3 Å². The van der Waals surface area contributed by atoms with Crippen LogP contribution in [0.1, 0.15) is 12.5 Å². The highest BCUT2D eigenvalue weighted by Gasteiger charge is 2.07. The molecule has 0 amide bonds. The number of nitrogen functional groups attached to an aromatic ring is 1. The van der Waals surface area contributed by atoms with Crippen LogP contribution in [0.3, 0.4) is 0 Å². The summed E-state index contributed by atoms with van der Waals surface area (Å²) >= 11 is 0. The van der Waals surface area contributed by atoms with Crippen molar-refractivity contribution in [2.24, 2.45) is 5.84 Å². The van der Waals surface area contributed by atoms with Crippen molar-refractivity contribution in [1.29, 1.82) is 0 Å². The first kappa shape index (κ1) is 14.9. The summed E-state index contributed by atoms with van der Waals surface area (Å²) in [6, 6.07) is 16.2. The summed E-state index contributed by atoms with van der Waals surface area (Å²) in [5.74, 6) is 5.78. The van der Waals surface area contributed by atoms with Crippen molar-refractivity contribution in [3.05, 3.63) is 64.6 Å². The lowest BCUT2D eigenvalue weighted by Crippen LogP contribution is -2.20. The lowest BCUT2D eigenvalue weighted by molar-refractivity contribution is 0.979. The van der Waals surface area contributed by atoms with E-state index in [1.54, 1.807) is 0 Å². The molecule has 4 rings (SSSR count). The highest BCUT2D eigenvalue weighted by molar-refractivity contribution is 5.75. The normalized spacial score (nSPS) is 10.5. The summed E-state index contributed by atoms with van der Waals surface area (Å²) in [5, 5.41) is 0. The number of benzene rings is 2. The van der Waals surface area contributed by atoms with E-state index in [0.717, 1.165) is 17.5 Å². The number of aromatic nitrogens is 3. The van der Waals surface area contributed by atoms with Gasteiger partial charge in [0.25, 0.3) is 0 Å². The smallest absolute Gasteiger partial charge is 0.292 e. The lowest BCUT2D eigenvalue weighted by Gasteiger charge is -2.10. The van der Waals surface area contributed by atoms with E-state index < -0.39 is 5.69 Å². The summed E-state index contributed by atoms with van der Waals surface area (Å²) in [4.78, 5) is 21.6. The number of hydrogen-bond donors (Lipinski definition) is 3. The van der Waals surface area contributed by atoms with E-state index in [4.69, 9.17) is 5.84 Å². The number of aryl methyl sites for hydroxylation is 1. The number of nitrogens with zero attached hydrogens (tertiary/aromatic N) is 2. The molecule has 2 aromatic rings. The molecule has 6 heteroatoms. The van der Waals surface area contributed by atoms with E-state index >= 15 is 0 Å². The van der Waals surface area contributed by atoms with Gasteiger partial charge in [0.1, 0.15) is 5.82 Å². The Balaban J connectivity index is 0.000000213. The van der Waals surface area contributed by atoms with Gasteiger partial charge in [-0.1, -0.05) is 55.5 Å². The van der Waals surface area contributed by atoms with Crippen molar-refractivity contribution in [2.75, 3.05) is 5.43 Å². The molecule has 23 heavy (non-hydrogen) atoms. The molecule has 1 heterocycles. The number of aromatic amines is 1. The zero-order valence-corrected chi connectivity index (χ0v) is 12.7. The Morgan fingerprint density at radius 2 is 1.70 bits per heavy atom. The quantitative estimate of drug-likeness (QED) is 0.399. The number of anilines is 1. The second kappa shape index (κ2) is 6.41. The van der Waals surface area contributed by atoms with E-state index in [-0.39, 0.29) is 5.95 Å². The summed E-state index contributed by atoms with van der Waals surface area (Å²) in [6.45, 7) is 2.04. The molecule has 0 aliphatic heterocycles. The van der Waals surface area contributed by atoms with E-state index in [0.29, 0.717) is 5.82 Å². The fourth-order valence-corrected chi connectivity index (χ4v) is 2.30. The van der Waals surface area contributed by atoms with E-state index in [2.05, 4.69) is 44.6 Å². The SMILES string of the molecule is CCc1ccccc1-c1nc(NN)nc(=O)[nH]1.c1cc2ccc1-2. The van der Waals surface area contributed by atoms with Crippen LogP contribution in [-0.4, -0.2) is 15.0 Å². The number of fused-ring (bicyclic) bond motifs is 1. The minimum absolute atomic E-state index is 0.106. The maximum Gasteiger partial charge on any atom is 0.349 e. The summed E-state index contributed by atoms with van der Waals surface area (Å²) < 4.78 is 0. The van der Waals surface area contributed by atoms with Crippen LogP contribution in [0.4, 0.5) is 5.95 Å². The number of nitrogens with two attached hydrogens (primary N) is 1. The molecule has 116 valence electrons. The van der Waals surface area contributed by atoms with Crippen LogP contribution in [0, 0.1) is 0 Å². The highest BCUT2D eigenvalue weighted by Crippen LogP contribution is 2.29. The molecule has 2 aliphatic carbocycles. The van der Waals surface area contributed by atoms with Crippen LogP contribution in [0.5, 0.6) is 0 Å². The number of rotatable bonds is 3. The Labute approximate surface area is 133 Å². The van der Waals surface area contributed by atoms with Gasteiger partial charge in [0.2, 0.25) is 5.95 Å². The predicted octanol–water partition coefficient (Wildman–Crippen LogP) is 2.35. The number of H-pyrrole nitrogens is 1. The molecule has 0 saturated carbocycles. The van der Waals surface area contributed by atoms with Crippen LogP contribution in [0.2, 0.25) is 0 Å². The third-order valence-corrected chi connectivity index (χ3v) is 3.65. The first-order valence-electron chi connectivity index (χ1n) is 7.35. The van der Waals surface area contributed by atoms with Gasteiger partial charge in [0.15, 0.2) is 0 Å². The Morgan fingerprint density at radius 3 is 2.22 bits per heavy atom. The Bertz CT molecular complexity index is 850. The molecule has 0 radical (unpaired) electrons. The molecule has 0 fully saturated rings. The fraction of sp³-hybridized carbons (Fsp3) is 0.118. The molecule has 1 aromatic carbocycles. The van der Waals surface area contributed by atoms with E-state index in [9.17, 15) is 4.79 Å². The fourth-order valence-electron chi connectivity index (χ4n) is 2.30. The molecule has 0 spiro atoms. The Kier molecular flexibility index (Phi) is 4.16. The Hall–Kier alpha value is -2.99. The predicted molar refractivity (Wildman–Crippen MR) is 90.7 cm³/mol. The first-order chi connectivity index (χ1) is 11.2. The molecular weight excluding hydrogens is 290 g/mol. The van der Waals surface area contributed by atoms with Crippen molar-refractivity contribution < 1.29 is 0 Å².